The van der Waals surface area contributed by atoms with Crippen LogP contribution in [-0.4, -0.2) is 37.5 Å². The first-order valence-corrected chi connectivity index (χ1v) is 7.41. The Morgan fingerprint density at radius 3 is 2.50 bits per heavy atom. The first-order valence-electron chi connectivity index (χ1n) is 5.76. The summed E-state index contributed by atoms with van der Waals surface area (Å²) in [6, 6.07) is 0. The first kappa shape index (κ1) is 14.8. The molecule has 1 aromatic heterocycles. The van der Waals surface area contributed by atoms with E-state index >= 15 is 0 Å². The van der Waals surface area contributed by atoms with Crippen LogP contribution in [0.25, 0.3) is 0 Å². The van der Waals surface area contributed by atoms with Gasteiger partial charge < -0.3 is 11.1 Å². The number of anilines is 2. The molecule has 0 saturated heterocycles. The van der Waals surface area contributed by atoms with E-state index in [4.69, 9.17) is 5.73 Å². The zero-order valence-electron chi connectivity index (χ0n) is 11.2. The minimum Gasteiger partial charge on any atom is -0.394 e. The SMILES string of the molecule is CNS(=O)(=O)CCNc1c(N)c(C(C)C)nn1C. The van der Waals surface area contributed by atoms with Gasteiger partial charge in [-0.05, 0) is 13.0 Å². The number of nitrogens with zero attached hydrogens (tertiary/aromatic N) is 2. The lowest BCUT2D eigenvalue weighted by Gasteiger charge is -2.08. The summed E-state index contributed by atoms with van der Waals surface area (Å²) < 4.78 is 26.4. The largest absolute Gasteiger partial charge is 0.394 e. The Labute approximate surface area is 108 Å². The third kappa shape index (κ3) is 3.36. The molecule has 0 bridgehead atoms. The normalized spacial score (nSPS) is 12.1. The molecule has 0 fully saturated rings. The molecule has 0 aromatic carbocycles. The average molecular weight is 275 g/mol. The molecule has 8 heteroatoms. The molecule has 0 saturated carbocycles. The number of nitrogen functional groups attached to an aromatic ring is 1. The summed E-state index contributed by atoms with van der Waals surface area (Å²) in [7, 11) is -0.0394. The van der Waals surface area contributed by atoms with Gasteiger partial charge in [0.15, 0.2) is 0 Å². The van der Waals surface area contributed by atoms with Crippen LogP contribution in [-0.2, 0) is 17.1 Å². The van der Waals surface area contributed by atoms with E-state index in [1.165, 1.54) is 7.05 Å². The second-order valence-corrected chi connectivity index (χ2v) is 6.42. The number of nitrogens with two attached hydrogens (primary N) is 1. The van der Waals surface area contributed by atoms with Crippen molar-refractivity contribution in [3.8, 4) is 0 Å². The van der Waals surface area contributed by atoms with Crippen molar-refractivity contribution in [2.75, 3.05) is 30.4 Å². The number of rotatable bonds is 6. The van der Waals surface area contributed by atoms with Crippen LogP contribution in [0.2, 0.25) is 0 Å². The van der Waals surface area contributed by atoms with Crippen molar-refractivity contribution in [1.82, 2.24) is 14.5 Å². The fourth-order valence-corrected chi connectivity index (χ4v) is 2.18. The molecule has 4 N–H and O–H groups in total. The molecule has 7 nitrogen and oxygen atoms in total. The van der Waals surface area contributed by atoms with Crippen LogP contribution in [0.3, 0.4) is 0 Å². The lowest BCUT2D eigenvalue weighted by Crippen LogP contribution is -2.26. The number of hydrogen-bond acceptors (Lipinski definition) is 5. The van der Waals surface area contributed by atoms with E-state index in [1.807, 2.05) is 13.8 Å². The molecule has 0 aliphatic rings. The van der Waals surface area contributed by atoms with Gasteiger partial charge in [0.05, 0.1) is 17.1 Å². The fraction of sp³-hybridized carbons (Fsp3) is 0.700. The van der Waals surface area contributed by atoms with E-state index in [0.717, 1.165) is 5.69 Å². The molecule has 1 heterocycles. The van der Waals surface area contributed by atoms with Crippen molar-refractivity contribution < 1.29 is 8.42 Å². The van der Waals surface area contributed by atoms with Gasteiger partial charge in [0.2, 0.25) is 10.0 Å². The number of aromatic nitrogens is 2. The van der Waals surface area contributed by atoms with Crippen LogP contribution in [0.4, 0.5) is 11.5 Å². The highest BCUT2D eigenvalue weighted by Crippen LogP contribution is 2.27. The predicted molar refractivity (Wildman–Crippen MR) is 73.0 cm³/mol. The Kier molecular flexibility index (Phi) is 4.58. The van der Waals surface area contributed by atoms with E-state index in [2.05, 4.69) is 15.1 Å². The summed E-state index contributed by atoms with van der Waals surface area (Å²) in [4.78, 5) is 0. The summed E-state index contributed by atoms with van der Waals surface area (Å²) >= 11 is 0. The molecule has 0 atom stereocenters. The molecule has 1 aromatic rings. The summed E-state index contributed by atoms with van der Waals surface area (Å²) in [6.45, 7) is 4.30. The molecule has 18 heavy (non-hydrogen) atoms. The second-order valence-electron chi connectivity index (χ2n) is 4.38. The minimum atomic E-state index is -3.21. The van der Waals surface area contributed by atoms with E-state index in [9.17, 15) is 8.42 Å². The minimum absolute atomic E-state index is 0.00880. The average Bonchev–Trinajstić information content (AvgIpc) is 2.56. The Morgan fingerprint density at radius 1 is 1.44 bits per heavy atom. The third-order valence-corrected chi connectivity index (χ3v) is 4.00. The molecule has 0 aliphatic heterocycles. The Morgan fingerprint density at radius 2 is 2.06 bits per heavy atom. The number of nitrogens with one attached hydrogen (secondary N) is 2. The van der Waals surface area contributed by atoms with E-state index in [-0.39, 0.29) is 18.2 Å². The zero-order valence-corrected chi connectivity index (χ0v) is 12.0. The molecular weight excluding hydrogens is 254 g/mol. The maximum absolute atomic E-state index is 11.3. The molecule has 0 unspecified atom stereocenters. The van der Waals surface area contributed by atoms with Crippen molar-refractivity contribution in [2.45, 2.75) is 19.8 Å². The van der Waals surface area contributed by atoms with Gasteiger partial charge in [0, 0.05) is 13.6 Å². The van der Waals surface area contributed by atoms with Crippen molar-refractivity contribution in [1.29, 1.82) is 0 Å². The summed E-state index contributed by atoms with van der Waals surface area (Å²) in [5, 5.41) is 7.31. The quantitative estimate of drug-likeness (QED) is 0.682. The van der Waals surface area contributed by atoms with Crippen LogP contribution in [0.5, 0.6) is 0 Å². The van der Waals surface area contributed by atoms with Crippen LogP contribution in [0.15, 0.2) is 0 Å². The van der Waals surface area contributed by atoms with Crippen molar-refractivity contribution in [2.24, 2.45) is 7.05 Å². The molecule has 104 valence electrons. The Bertz CT molecular complexity index is 507. The summed E-state index contributed by atoms with van der Waals surface area (Å²) in [6.07, 6.45) is 0. The smallest absolute Gasteiger partial charge is 0.213 e. The van der Waals surface area contributed by atoms with Gasteiger partial charge in [-0.1, -0.05) is 13.8 Å². The molecule has 0 amide bonds. The van der Waals surface area contributed by atoms with E-state index in [1.54, 1.807) is 11.7 Å². The third-order valence-electron chi connectivity index (χ3n) is 2.63. The first-order chi connectivity index (χ1) is 8.28. The van der Waals surface area contributed by atoms with E-state index in [0.29, 0.717) is 11.5 Å². The van der Waals surface area contributed by atoms with Crippen molar-refractivity contribution >= 4 is 21.5 Å². The lowest BCUT2D eigenvalue weighted by molar-refractivity contribution is 0.588. The van der Waals surface area contributed by atoms with Gasteiger partial charge in [-0.3, -0.25) is 4.68 Å². The zero-order chi connectivity index (χ0) is 13.9. The molecule has 1 rings (SSSR count). The highest BCUT2D eigenvalue weighted by Gasteiger charge is 2.16. The van der Waals surface area contributed by atoms with Crippen LogP contribution >= 0.6 is 0 Å². The van der Waals surface area contributed by atoms with E-state index < -0.39 is 10.0 Å². The number of aryl methyl sites for hydroxylation is 1. The Hall–Kier alpha value is -1.28. The van der Waals surface area contributed by atoms with Gasteiger partial charge in [-0.25, -0.2) is 13.1 Å². The van der Waals surface area contributed by atoms with Crippen LogP contribution in [0, 0.1) is 0 Å². The van der Waals surface area contributed by atoms with Gasteiger partial charge in [-0.2, -0.15) is 5.10 Å². The Balaban J connectivity index is 2.74. The highest BCUT2D eigenvalue weighted by molar-refractivity contribution is 7.89. The number of sulfonamides is 1. The van der Waals surface area contributed by atoms with Gasteiger partial charge >= 0.3 is 0 Å². The summed E-state index contributed by atoms with van der Waals surface area (Å²) in [5.41, 5.74) is 7.37. The monoisotopic (exact) mass is 275 g/mol. The van der Waals surface area contributed by atoms with Crippen LogP contribution in [0.1, 0.15) is 25.5 Å². The summed E-state index contributed by atoms with van der Waals surface area (Å²) in [5.74, 6) is 0.878. The lowest BCUT2D eigenvalue weighted by atomic mass is 10.1. The second kappa shape index (κ2) is 5.57. The maximum Gasteiger partial charge on any atom is 0.213 e. The van der Waals surface area contributed by atoms with Gasteiger partial charge in [0.25, 0.3) is 0 Å². The molecule has 0 radical (unpaired) electrons. The molecule has 0 aliphatic carbocycles. The molecule has 0 spiro atoms. The molecular formula is C10H21N5O2S. The van der Waals surface area contributed by atoms with Crippen molar-refractivity contribution in [3.63, 3.8) is 0 Å². The van der Waals surface area contributed by atoms with Crippen LogP contribution < -0.4 is 15.8 Å². The standard InChI is InChI=1S/C10H21N5O2S/c1-7(2)9-8(11)10(15(4)14-9)13-5-6-18(16,17)12-3/h7,12-13H,5-6,11H2,1-4H3. The van der Waals surface area contributed by atoms with Gasteiger partial charge in [-0.15, -0.1) is 0 Å². The van der Waals surface area contributed by atoms with Gasteiger partial charge in [0.1, 0.15) is 5.82 Å². The van der Waals surface area contributed by atoms with Crippen molar-refractivity contribution in [3.05, 3.63) is 5.69 Å². The predicted octanol–water partition coefficient (Wildman–Crippen LogP) is 0.0868. The number of hydrogen-bond donors (Lipinski definition) is 3. The topological polar surface area (TPSA) is 102 Å². The fourth-order valence-electron chi connectivity index (χ4n) is 1.60. The maximum atomic E-state index is 11.3. The highest BCUT2D eigenvalue weighted by atomic mass is 32.2.